The van der Waals surface area contributed by atoms with Gasteiger partial charge < -0.3 is 0 Å². The first-order valence-electron chi connectivity index (χ1n) is 9.08. The molecule has 1 aromatic carbocycles. The monoisotopic (exact) mass is 350 g/mol. The van der Waals surface area contributed by atoms with Crippen molar-refractivity contribution >= 4 is 10.9 Å². The van der Waals surface area contributed by atoms with Gasteiger partial charge in [0.15, 0.2) is 19.3 Å². The molecule has 0 amide bonds. The van der Waals surface area contributed by atoms with Gasteiger partial charge in [0.1, 0.15) is 0 Å². The summed E-state index contributed by atoms with van der Waals surface area (Å²) in [5.74, 6) is 15.5. The fourth-order valence-electron chi connectivity index (χ4n) is 3.00. The number of aromatic nitrogens is 2. The predicted octanol–water partition coefficient (Wildman–Crippen LogP) is 3.25. The van der Waals surface area contributed by atoms with E-state index in [0.29, 0.717) is 6.42 Å². The zero-order chi connectivity index (χ0) is 18.9. The Hall–Kier alpha value is -3.54. The molecule has 0 fully saturated rings. The largest absolute Gasteiger partial charge is 0.257 e. The molecule has 0 N–H and O–H groups in total. The van der Waals surface area contributed by atoms with Gasteiger partial charge in [-0.15, -0.1) is 18.3 Å². The Kier molecular flexibility index (Phi) is 6.25. The number of benzene rings is 1. The van der Waals surface area contributed by atoms with Crippen LogP contribution in [0.2, 0.25) is 0 Å². The summed E-state index contributed by atoms with van der Waals surface area (Å²) in [5, 5.41) is 1.20. The minimum absolute atomic E-state index is 0.690. The van der Waals surface area contributed by atoms with Crippen LogP contribution in [-0.4, -0.2) is 0 Å². The molecule has 2 nitrogen and oxygen atoms in total. The van der Waals surface area contributed by atoms with Gasteiger partial charge in [-0.3, -0.25) is 0 Å². The smallest absolute Gasteiger partial charge is 0.190 e. The van der Waals surface area contributed by atoms with Gasteiger partial charge in [0.2, 0.25) is 5.52 Å². The highest BCUT2D eigenvalue weighted by molar-refractivity contribution is 5.75. The van der Waals surface area contributed by atoms with E-state index >= 15 is 0 Å². The fourth-order valence-corrected chi connectivity index (χ4v) is 3.00. The van der Waals surface area contributed by atoms with Crippen LogP contribution in [0.25, 0.3) is 10.9 Å². The number of pyridine rings is 2. The second kappa shape index (κ2) is 9.24. The van der Waals surface area contributed by atoms with Gasteiger partial charge in [-0.1, -0.05) is 18.1 Å². The molecular weight excluding hydrogens is 328 g/mol. The molecule has 2 aromatic heterocycles. The zero-order valence-electron chi connectivity index (χ0n) is 15.6. The topological polar surface area (TPSA) is 7.76 Å². The molecule has 0 spiro atoms. The summed E-state index contributed by atoms with van der Waals surface area (Å²) >= 11 is 0. The van der Waals surface area contributed by atoms with Crippen LogP contribution in [0.3, 0.4) is 0 Å². The molecule has 2 heteroatoms. The maximum atomic E-state index is 5.41. The van der Waals surface area contributed by atoms with E-state index in [1.54, 1.807) is 0 Å². The van der Waals surface area contributed by atoms with Gasteiger partial charge in [0.25, 0.3) is 11.4 Å². The van der Waals surface area contributed by atoms with Crippen molar-refractivity contribution in [2.24, 2.45) is 0 Å². The van der Waals surface area contributed by atoms with Crippen molar-refractivity contribution in [2.45, 2.75) is 32.9 Å². The summed E-state index contributed by atoms with van der Waals surface area (Å²) in [5.41, 5.74) is 3.12. The summed E-state index contributed by atoms with van der Waals surface area (Å²) in [4.78, 5) is 0. The first kappa shape index (κ1) is 18.3. The predicted molar refractivity (Wildman–Crippen MR) is 108 cm³/mol. The Labute approximate surface area is 161 Å². The average Bonchev–Trinajstić information content (AvgIpc) is 2.72. The van der Waals surface area contributed by atoms with Crippen LogP contribution in [0.5, 0.6) is 0 Å². The number of rotatable bonds is 4. The van der Waals surface area contributed by atoms with Crippen LogP contribution < -0.4 is 9.13 Å². The molecule has 0 aliphatic heterocycles. The molecule has 0 radical (unpaired) electrons. The van der Waals surface area contributed by atoms with E-state index in [2.05, 4.69) is 75.1 Å². The van der Waals surface area contributed by atoms with Gasteiger partial charge in [-0.25, -0.2) is 0 Å². The lowest BCUT2D eigenvalue weighted by Crippen LogP contribution is -2.38. The lowest BCUT2D eigenvalue weighted by atomic mass is 10.1. The summed E-state index contributed by atoms with van der Waals surface area (Å²) in [6.07, 6.45) is 8.92. The van der Waals surface area contributed by atoms with Gasteiger partial charge in [-0.2, -0.15) is 9.13 Å². The minimum atomic E-state index is 0.690. The molecule has 0 aliphatic rings. The van der Waals surface area contributed by atoms with Crippen molar-refractivity contribution in [1.29, 1.82) is 0 Å². The molecule has 3 aromatic rings. The minimum Gasteiger partial charge on any atom is -0.190 e. The molecule has 3 rings (SSSR count). The number of fused-ring (bicyclic) bond motifs is 1. The third kappa shape index (κ3) is 4.55. The molecule has 0 aliphatic carbocycles. The standard InChI is InChI=1S/C25H22N2/c1-3-5-10-21-27-24(16-15-22-12-7-8-14-25(22)27)18-17-23-13-9-11-20-26(23)19-6-4-2/h2,7-9,11-16,20H,6,10,19,21H2,1H3/q+2. The van der Waals surface area contributed by atoms with E-state index in [1.165, 1.54) is 10.9 Å². The molecular formula is C25H22N2+2. The Morgan fingerprint density at radius 2 is 1.67 bits per heavy atom. The number of aryl methyl sites for hydroxylation is 2. The van der Waals surface area contributed by atoms with Crippen molar-refractivity contribution in [3.8, 4) is 36.0 Å². The number of para-hydroxylation sites is 1. The van der Waals surface area contributed by atoms with E-state index < -0.39 is 0 Å². The highest BCUT2D eigenvalue weighted by Crippen LogP contribution is 2.10. The van der Waals surface area contributed by atoms with Crippen molar-refractivity contribution < 1.29 is 9.13 Å². The van der Waals surface area contributed by atoms with Crippen LogP contribution in [0.15, 0.2) is 60.8 Å². The Morgan fingerprint density at radius 3 is 2.52 bits per heavy atom. The Balaban J connectivity index is 2.03. The summed E-state index contributed by atoms with van der Waals surface area (Å²) < 4.78 is 4.35. The lowest BCUT2D eigenvalue weighted by Gasteiger charge is -2.02. The van der Waals surface area contributed by atoms with E-state index in [-0.39, 0.29) is 0 Å². The van der Waals surface area contributed by atoms with Crippen LogP contribution in [0.1, 0.15) is 31.2 Å². The van der Waals surface area contributed by atoms with Crippen molar-refractivity contribution in [3.63, 3.8) is 0 Å². The molecule has 0 saturated carbocycles. The third-order valence-corrected chi connectivity index (χ3v) is 4.33. The van der Waals surface area contributed by atoms with Crippen LogP contribution in [0.4, 0.5) is 0 Å². The average molecular weight is 350 g/mol. The molecule has 2 heterocycles. The van der Waals surface area contributed by atoms with E-state index in [1.807, 2.05) is 31.3 Å². The number of hydrogen-bond donors (Lipinski definition) is 0. The Bertz CT molecular complexity index is 1110. The molecule has 0 bridgehead atoms. The maximum absolute atomic E-state index is 5.41. The molecule has 27 heavy (non-hydrogen) atoms. The van der Waals surface area contributed by atoms with Gasteiger partial charge >= 0.3 is 0 Å². The second-order valence-electron chi connectivity index (χ2n) is 6.09. The highest BCUT2D eigenvalue weighted by Gasteiger charge is 2.14. The summed E-state index contributed by atoms with van der Waals surface area (Å²) in [6.45, 7) is 3.46. The Morgan fingerprint density at radius 1 is 0.852 bits per heavy atom. The first-order valence-corrected chi connectivity index (χ1v) is 9.08. The number of hydrogen-bond acceptors (Lipinski definition) is 0. The van der Waals surface area contributed by atoms with Gasteiger partial charge in [-0.05, 0) is 25.1 Å². The van der Waals surface area contributed by atoms with Crippen molar-refractivity contribution in [1.82, 2.24) is 0 Å². The van der Waals surface area contributed by atoms with Crippen LogP contribution >= 0.6 is 0 Å². The van der Waals surface area contributed by atoms with E-state index in [0.717, 1.165) is 30.9 Å². The normalized spacial score (nSPS) is 9.63. The molecule has 0 saturated heterocycles. The van der Waals surface area contributed by atoms with Gasteiger partial charge in [0.05, 0.1) is 12.8 Å². The second-order valence-corrected chi connectivity index (χ2v) is 6.09. The summed E-state index contributed by atoms with van der Waals surface area (Å²) in [6, 6.07) is 18.6. The highest BCUT2D eigenvalue weighted by atomic mass is 15.0. The number of terminal acetylenes is 1. The molecule has 130 valence electrons. The summed E-state index contributed by atoms with van der Waals surface area (Å²) in [7, 11) is 0. The molecule has 0 atom stereocenters. The fraction of sp³-hybridized carbons (Fsp3) is 0.200. The molecule has 0 unspecified atom stereocenters. The maximum Gasteiger partial charge on any atom is 0.257 e. The third-order valence-electron chi connectivity index (χ3n) is 4.33. The number of nitrogens with zero attached hydrogens (tertiary/aromatic N) is 2. The van der Waals surface area contributed by atoms with Crippen molar-refractivity contribution in [2.75, 3.05) is 0 Å². The quantitative estimate of drug-likeness (QED) is 0.504. The SMILES string of the molecule is C#CCC[n+]1ccccc1C#Cc1ccc2ccccc2[n+]1CCC#CC. The van der Waals surface area contributed by atoms with Crippen molar-refractivity contribution in [3.05, 3.63) is 72.2 Å². The van der Waals surface area contributed by atoms with Crippen LogP contribution in [-0.2, 0) is 13.1 Å². The first-order chi connectivity index (χ1) is 13.3. The van der Waals surface area contributed by atoms with E-state index in [9.17, 15) is 0 Å². The zero-order valence-corrected chi connectivity index (χ0v) is 15.6. The lowest BCUT2D eigenvalue weighted by molar-refractivity contribution is -0.698. The van der Waals surface area contributed by atoms with Crippen LogP contribution in [0, 0.1) is 36.0 Å². The van der Waals surface area contributed by atoms with Gasteiger partial charge in [0, 0.05) is 41.5 Å². The van der Waals surface area contributed by atoms with E-state index in [4.69, 9.17) is 6.42 Å².